The van der Waals surface area contributed by atoms with Gasteiger partial charge in [-0.2, -0.15) is 0 Å². The van der Waals surface area contributed by atoms with E-state index in [0.29, 0.717) is 22.3 Å². The van der Waals surface area contributed by atoms with Crippen molar-refractivity contribution < 1.29 is 13.9 Å². The Hall–Kier alpha value is -2.91. The second-order valence-corrected chi connectivity index (χ2v) is 6.35. The average Bonchev–Trinajstić information content (AvgIpc) is 3.16. The van der Waals surface area contributed by atoms with Crippen LogP contribution in [-0.4, -0.2) is 0 Å². The van der Waals surface area contributed by atoms with Gasteiger partial charge in [-0.25, -0.2) is 0 Å². The zero-order chi connectivity index (χ0) is 15.8. The largest absolute Gasteiger partial charge is 0.455 e. The zero-order valence-electron chi connectivity index (χ0n) is 12.3. The molecule has 0 fully saturated rings. The van der Waals surface area contributed by atoms with Gasteiger partial charge in [0.25, 0.3) is 0 Å². The van der Waals surface area contributed by atoms with Crippen LogP contribution in [0.15, 0.2) is 59.0 Å². The third-order valence-corrected chi connectivity index (χ3v) is 4.78. The first-order valence-corrected chi connectivity index (χ1v) is 8.02. The van der Waals surface area contributed by atoms with Gasteiger partial charge in [0.15, 0.2) is 23.0 Å². The molecule has 0 spiro atoms. The molecule has 0 saturated carbocycles. The number of benzene rings is 4. The number of halogens is 1. The lowest BCUT2D eigenvalue weighted by molar-refractivity contribution is 0.363. The molecule has 3 nitrogen and oxygen atoms in total. The van der Waals surface area contributed by atoms with Crippen molar-refractivity contribution in [1.29, 1.82) is 0 Å². The molecule has 114 valence electrons. The lowest BCUT2D eigenvalue weighted by Gasteiger charge is -2.21. The summed E-state index contributed by atoms with van der Waals surface area (Å²) in [4.78, 5) is 0. The summed E-state index contributed by atoms with van der Waals surface area (Å²) in [6, 6.07) is 17.4. The highest BCUT2D eigenvalue weighted by atomic mass is 35.5. The molecule has 3 heterocycles. The number of hydrogen-bond acceptors (Lipinski definition) is 3. The van der Waals surface area contributed by atoms with E-state index >= 15 is 0 Å². The van der Waals surface area contributed by atoms with Gasteiger partial charge in [0.1, 0.15) is 11.2 Å². The second kappa shape index (κ2) is 4.13. The number of hydrogen-bond donors (Lipinski definition) is 0. The fourth-order valence-electron chi connectivity index (χ4n) is 3.51. The number of para-hydroxylation sites is 2. The number of ether oxygens (including phenoxy) is 2. The van der Waals surface area contributed by atoms with Gasteiger partial charge >= 0.3 is 0 Å². The van der Waals surface area contributed by atoms with E-state index in [4.69, 9.17) is 25.5 Å². The van der Waals surface area contributed by atoms with Crippen LogP contribution >= 0.6 is 11.6 Å². The average molecular weight is 333 g/mol. The Balaban J connectivity index is 1.73. The van der Waals surface area contributed by atoms with E-state index in [9.17, 15) is 0 Å². The molecule has 2 bridgehead atoms. The minimum absolute atomic E-state index is 0.687. The van der Waals surface area contributed by atoms with Gasteiger partial charge in [0, 0.05) is 21.2 Å². The molecule has 0 radical (unpaired) electrons. The Labute approximate surface area is 141 Å². The third-order valence-electron chi connectivity index (χ3n) is 4.55. The van der Waals surface area contributed by atoms with Crippen LogP contribution in [0.25, 0.3) is 32.7 Å². The van der Waals surface area contributed by atoms with Crippen LogP contribution in [0.5, 0.6) is 23.0 Å². The smallest absolute Gasteiger partial charge is 0.181 e. The van der Waals surface area contributed by atoms with E-state index in [-0.39, 0.29) is 0 Å². The van der Waals surface area contributed by atoms with E-state index < -0.39 is 0 Å². The van der Waals surface area contributed by atoms with E-state index in [0.717, 1.165) is 38.5 Å². The van der Waals surface area contributed by atoms with Crippen LogP contribution in [0.3, 0.4) is 0 Å². The molecule has 5 aromatic rings. The molecular weight excluding hydrogens is 324 g/mol. The number of fused-ring (bicyclic) bond motifs is 11. The van der Waals surface area contributed by atoms with E-state index in [1.807, 2.05) is 54.6 Å². The third kappa shape index (κ3) is 1.43. The van der Waals surface area contributed by atoms with Gasteiger partial charge in [-0.3, -0.25) is 0 Å². The molecule has 0 atom stereocenters. The first-order chi connectivity index (χ1) is 11.8. The van der Waals surface area contributed by atoms with E-state index in [2.05, 4.69) is 0 Å². The molecule has 6 rings (SSSR count). The maximum absolute atomic E-state index is 6.16. The molecule has 4 heteroatoms. The van der Waals surface area contributed by atoms with Crippen molar-refractivity contribution in [2.45, 2.75) is 0 Å². The van der Waals surface area contributed by atoms with Crippen molar-refractivity contribution in [2.24, 2.45) is 0 Å². The normalized spacial score (nSPS) is 13.0. The lowest BCUT2D eigenvalue weighted by Crippen LogP contribution is -1.98. The Morgan fingerprint density at radius 2 is 1.46 bits per heavy atom. The van der Waals surface area contributed by atoms with E-state index in [1.165, 1.54) is 0 Å². The van der Waals surface area contributed by atoms with Crippen LogP contribution in [0.2, 0.25) is 5.02 Å². The van der Waals surface area contributed by atoms with Gasteiger partial charge in [-0.15, -0.1) is 0 Å². The van der Waals surface area contributed by atoms with Crippen molar-refractivity contribution >= 4 is 44.3 Å². The van der Waals surface area contributed by atoms with Gasteiger partial charge in [-0.1, -0.05) is 23.7 Å². The van der Waals surface area contributed by atoms with Crippen molar-refractivity contribution in [2.75, 3.05) is 0 Å². The summed E-state index contributed by atoms with van der Waals surface area (Å²) >= 11 is 6.16. The van der Waals surface area contributed by atoms with Crippen LogP contribution in [0.1, 0.15) is 0 Å². The summed E-state index contributed by atoms with van der Waals surface area (Å²) in [5, 5.41) is 4.72. The summed E-state index contributed by atoms with van der Waals surface area (Å²) in [7, 11) is 0. The predicted molar refractivity (Wildman–Crippen MR) is 94.0 cm³/mol. The fourth-order valence-corrected chi connectivity index (χ4v) is 3.68. The lowest BCUT2D eigenvalue weighted by atomic mass is 10.0. The number of rotatable bonds is 0. The maximum atomic E-state index is 6.16. The van der Waals surface area contributed by atoms with Crippen LogP contribution in [0, 0.1) is 0 Å². The van der Waals surface area contributed by atoms with Crippen LogP contribution < -0.4 is 9.47 Å². The SMILES string of the molecule is Clc1ccc2c(c1)c1oc2c2ccc3c(c21)Oc1ccccc1O3. The molecule has 0 aliphatic carbocycles. The fraction of sp³-hybridized carbons (Fsp3) is 0. The van der Waals surface area contributed by atoms with Gasteiger partial charge < -0.3 is 13.9 Å². The zero-order valence-corrected chi connectivity index (χ0v) is 13.1. The highest BCUT2D eigenvalue weighted by molar-refractivity contribution is 6.33. The molecule has 0 N–H and O–H groups in total. The van der Waals surface area contributed by atoms with Crippen molar-refractivity contribution in [3.8, 4) is 23.0 Å². The maximum Gasteiger partial charge on any atom is 0.181 e. The predicted octanol–water partition coefficient (Wildman–Crippen LogP) is 6.73. The van der Waals surface area contributed by atoms with Crippen molar-refractivity contribution in [1.82, 2.24) is 0 Å². The minimum Gasteiger partial charge on any atom is -0.455 e. The molecule has 0 saturated heterocycles. The van der Waals surface area contributed by atoms with Crippen molar-refractivity contribution in [3.63, 3.8) is 0 Å². The molecule has 2 aromatic heterocycles. The summed E-state index contributed by atoms with van der Waals surface area (Å²) in [5.41, 5.74) is 1.65. The van der Waals surface area contributed by atoms with Gasteiger partial charge in [0.2, 0.25) is 0 Å². The standard InChI is InChI=1S/C20H9ClO3/c21-10-5-6-11-13(9-10)19-17-12(18(11)24-19)7-8-16-20(17)23-15-4-2-1-3-14(15)22-16/h1-9H. The summed E-state index contributed by atoms with van der Waals surface area (Å²) in [6.45, 7) is 0. The van der Waals surface area contributed by atoms with Crippen LogP contribution in [0.4, 0.5) is 0 Å². The molecule has 0 amide bonds. The second-order valence-electron chi connectivity index (χ2n) is 5.92. The molecule has 3 aromatic carbocycles. The summed E-state index contributed by atoms with van der Waals surface area (Å²) in [6.07, 6.45) is 0. The Bertz CT molecular complexity index is 1270. The molecular formula is C20H9ClO3. The quantitative estimate of drug-likeness (QED) is 0.289. The van der Waals surface area contributed by atoms with Gasteiger partial charge in [0.05, 0.1) is 5.39 Å². The highest BCUT2D eigenvalue weighted by Gasteiger charge is 2.27. The Morgan fingerprint density at radius 1 is 0.667 bits per heavy atom. The topological polar surface area (TPSA) is 31.6 Å². The van der Waals surface area contributed by atoms with Crippen LogP contribution in [-0.2, 0) is 0 Å². The van der Waals surface area contributed by atoms with E-state index in [1.54, 1.807) is 0 Å². The molecule has 0 unspecified atom stereocenters. The molecule has 1 aliphatic rings. The number of furan rings is 2. The highest BCUT2D eigenvalue weighted by Crippen LogP contribution is 2.53. The van der Waals surface area contributed by atoms with Crippen molar-refractivity contribution in [3.05, 3.63) is 59.6 Å². The summed E-state index contributed by atoms with van der Waals surface area (Å²) in [5.74, 6) is 2.82. The Morgan fingerprint density at radius 3 is 2.33 bits per heavy atom. The van der Waals surface area contributed by atoms with Gasteiger partial charge in [-0.05, 0) is 42.5 Å². The minimum atomic E-state index is 0.687. The Kier molecular flexibility index (Phi) is 2.15. The molecule has 24 heavy (non-hydrogen) atoms. The monoisotopic (exact) mass is 332 g/mol. The molecule has 1 aliphatic heterocycles. The first-order valence-electron chi connectivity index (χ1n) is 7.64. The first kappa shape index (κ1) is 12.5. The summed E-state index contributed by atoms with van der Waals surface area (Å²) < 4.78 is 18.2.